The molecule has 0 fully saturated rings. The zero-order valence-electron chi connectivity index (χ0n) is 15.1. The Balaban J connectivity index is 1.72. The van der Waals surface area contributed by atoms with Gasteiger partial charge in [0.05, 0.1) is 10.5 Å². The Bertz CT molecular complexity index is 966. The summed E-state index contributed by atoms with van der Waals surface area (Å²) in [6.07, 6.45) is 1.89. The monoisotopic (exact) mass is 398 g/mol. The van der Waals surface area contributed by atoms with Gasteiger partial charge in [0.2, 0.25) is 17.5 Å². The lowest BCUT2D eigenvalue weighted by atomic mass is 9.99. The number of hydrogen-bond acceptors (Lipinski definition) is 6. The van der Waals surface area contributed by atoms with Crippen molar-refractivity contribution in [3.63, 3.8) is 0 Å². The van der Waals surface area contributed by atoms with Gasteiger partial charge in [0.1, 0.15) is 11.4 Å². The Labute approximate surface area is 165 Å². The number of benzene rings is 1. The summed E-state index contributed by atoms with van der Waals surface area (Å²) in [6, 6.07) is 8.78. The smallest absolute Gasteiger partial charge is 0.274 e. The van der Waals surface area contributed by atoms with Crippen LogP contribution in [-0.2, 0) is 4.79 Å². The molecule has 0 spiro atoms. The zero-order valence-corrected chi connectivity index (χ0v) is 15.9. The number of nitrogens with one attached hydrogen (secondary N) is 3. The number of amides is 2. The zero-order chi connectivity index (χ0) is 20.1. The van der Waals surface area contributed by atoms with Crippen LogP contribution < -0.4 is 10.6 Å². The van der Waals surface area contributed by atoms with Gasteiger partial charge in [-0.25, -0.2) is 0 Å². The molecule has 28 heavy (non-hydrogen) atoms. The van der Waals surface area contributed by atoms with E-state index in [2.05, 4.69) is 20.8 Å². The molecule has 0 unspecified atom stereocenters. The fourth-order valence-corrected chi connectivity index (χ4v) is 3.55. The Morgan fingerprint density at radius 2 is 1.93 bits per heavy atom. The maximum absolute atomic E-state index is 12.8. The van der Waals surface area contributed by atoms with Crippen LogP contribution in [0.3, 0.4) is 0 Å². The summed E-state index contributed by atoms with van der Waals surface area (Å²) in [5, 5.41) is 11.7. The average molecular weight is 398 g/mol. The fourth-order valence-electron chi connectivity index (χ4n) is 2.62. The summed E-state index contributed by atoms with van der Waals surface area (Å²) in [5.74, 6) is -0.951. The number of ketones is 2. The van der Waals surface area contributed by atoms with Crippen LogP contribution in [0.15, 0.2) is 41.3 Å². The molecule has 1 aromatic carbocycles. The van der Waals surface area contributed by atoms with E-state index >= 15 is 0 Å². The van der Waals surface area contributed by atoms with Crippen molar-refractivity contribution in [2.24, 2.45) is 0 Å². The molecule has 2 amide bonds. The summed E-state index contributed by atoms with van der Waals surface area (Å²) in [4.78, 5) is 48.8. The number of nitrogens with zero attached hydrogens (tertiary/aromatic N) is 1. The van der Waals surface area contributed by atoms with E-state index in [1.54, 1.807) is 24.3 Å². The number of hydrogen-bond donors (Lipinski definition) is 3. The van der Waals surface area contributed by atoms with E-state index in [1.165, 1.54) is 24.8 Å². The van der Waals surface area contributed by atoms with Crippen molar-refractivity contribution in [3.8, 4) is 0 Å². The molecule has 8 nitrogen and oxygen atoms in total. The number of H-pyrrole nitrogens is 1. The lowest BCUT2D eigenvalue weighted by Gasteiger charge is -2.12. The van der Waals surface area contributed by atoms with Gasteiger partial charge in [-0.2, -0.15) is 5.10 Å². The van der Waals surface area contributed by atoms with E-state index in [4.69, 9.17) is 0 Å². The maximum atomic E-state index is 12.8. The number of thioether (sulfide) groups is 1. The molecule has 0 aliphatic heterocycles. The Morgan fingerprint density at radius 3 is 2.64 bits per heavy atom. The molecule has 3 rings (SSSR count). The first kappa shape index (κ1) is 19.6. The first-order valence-electron chi connectivity index (χ1n) is 8.60. The molecule has 9 heteroatoms. The van der Waals surface area contributed by atoms with Crippen molar-refractivity contribution in [1.29, 1.82) is 0 Å². The molecule has 3 N–H and O–H groups in total. The van der Waals surface area contributed by atoms with Gasteiger partial charge < -0.3 is 10.6 Å². The van der Waals surface area contributed by atoms with Gasteiger partial charge in [0.15, 0.2) is 0 Å². The summed E-state index contributed by atoms with van der Waals surface area (Å²) >= 11 is 1.22. The summed E-state index contributed by atoms with van der Waals surface area (Å²) in [7, 11) is 0. The lowest BCUT2D eigenvalue weighted by Crippen LogP contribution is -2.22. The number of allylic oxidation sites excluding steroid dienone is 2. The minimum atomic E-state index is -0.544. The lowest BCUT2D eigenvalue weighted by molar-refractivity contribution is -0.118. The van der Waals surface area contributed by atoms with Gasteiger partial charge in [-0.1, -0.05) is 18.2 Å². The van der Waals surface area contributed by atoms with Crippen LogP contribution in [0.5, 0.6) is 0 Å². The number of carbonyl (C=O) groups is 4. The average Bonchev–Trinajstić information content (AvgIpc) is 3.12. The number of aromatic amines is 1. The molecule has 1 heterocycles. The Kier molecular flexibility index (Phi) is 6.05. The summed E-state index contributed by atoms with van der Waals surface area (Å²) in [5.41, 5.74) is 0.464. The van der Waals surface area contributed by atoms with Crippen LogP contribution >= 0.6 is 11.8 Å². The first-order chi connectivity index (χ1) is 13.5. The highest BCUT2D eigenvalue weighted by molar-refractivity contribution is 8.04. The topological polar surface area (TPSA) is 121 Å². The molecule has 1 aliphatic rings. The summed E-state index contributed by atoms with van der Waals surface area (Å²) in [6.45, 7) is 1.92. The van der Waals surface area contributed by atoms with Crippen molar-refractivity contribution in [2.75, 3.05) is 17.6 Å². The predicted octanol–water partition coefficient (Wildman–Crippen LogP) is 2.18. The Hall–Kier alpha value is -3.20. The van der Waals surface area contributed by atoms with E-state index in [0.717, 1.165) is 0 Å². The van der Waals surface area contributed by atoms with Crippen molar-refractivity contribution >= 4 is 40.8 Å². The highest BCUT2D eigenvalue weighted by Gasteiger charge is 2.33. The number of fused-ring (bicyclic) bond motifs is 1. The summed E-state index contributed by atoms with van der Waals surface area (Å²) < 4.78 is 0. The van der Waals surface area contributed by atoms with E-state index < -0.39 is 17.5 Å². The van der Waals surface area contributed by atoms with Crippen molar-refractivity contribution in [2.45, 2.75) is 13.3 Å². The van der Waals surface area contributed by atoms with Crippen LogP contribution in [0, 0.1) is 0 Å². The SMILES string of the molecule is CC(=O)NCCCSC1=CC(=O)c2n[nH]c(C(=O)Nc3ccccc3)c2C1=O. The molecule has 0 bridgehead atoms. The highest BCUT2D eigenvalue weighted by Crippen LogP contribution is 2.30. The quantitative estimate of drug-likeness (QED) is 0.615. The Morgan fingerprint density at radius 1 is 1.18 bits per heavy atom. The molecule has 144 valence electrons. The molecule has 0 atom stereocenters. The van der Waals surface area contributed by atoms with Crippen LogP contribution in [-0.4, -0.2) is 45.9 Å². The van der Waals surface area contributed by atoms with Crippen molar-refractivity contribution < 1.29 is 19.2 Å². The van der Waals surface area contributed by atoms with Crippen molar-refractivity contribution in [1.82, 2.24) is 15.5 Å². The molecule has 1 aromatic heterocycles. The van der Waals surface area contributed by atoms with Crippen LogP contribution in [0.2, 0.25) is 0 Å². The second-order valence-electron chi connectivity index (χ2n) is 6.03. The minimum absolute atomic E-state index is 0.00899. The molecule has 2 aromatic rings. The number of anilines is 1. The molecule has 0 radical (unpaired) electrons. The van der Waals surface area contributed by atoms with Gasteiger partial charge in [-0.3, -0.25) is 24.3 Å². The van der Waals surface area contributed by atoms with Gasteiger partial charge in [0, 0.05) is 25.2 Å². The van der Waals surface area contributed by atoms with E-state index in [1.807, 2.05) is 6.07 Å². The normalized spacial score (nSPS) is 13.0. The second kappa shape index (κ2) is 8.66. The molecule has 0 saturated carbocycles. The number of para-hydroxylation sites is 1. The van der Waals surface area contributed by atoms with E-state index in [0.29, 0.717) is 24.4 Å². The third kappa shape index (κ3) is 4.37. The van der Waals surface area contributed by atoms with Crippen LogP contribution in [0.25, 0.3) is 0 Å². The van der Waals surface area contributed by atoms with Gasteiger partial charge in [-0.15, -0.1) is 11.8 Å². The largest absolute Gasteiger partial charge is 0.356 e. The number of Topliss-reactive ketones (excluding diaryl/α,β-unsaturated/α-hetero) is 1. The van der Waals surface area contributed by atoms with E-state index in [9.17, 15) is 19.2 Å². The van der Waals surface area contributed by atoms with Crippen LogP contribution in [0.4, 0.5) is 5.69 Å². The highest BCUT2D eigenvalue weighted by atomic mass is 32.2. The number of aromatic nitrogens is 2. The van der Waals surface area contributed by atoms with Gasteiger partial charge in [0.25, 0.3) is 5.91 Å². The molecular formula is C19H18N4O4S. The number of rotatable bonds is 7. The maximum Gasteiger partial charge on any atom is 0.274 e. The van der Waals surface area contributed by atoms with Crippen LogP contribution in [0.1, 0.15) is 44.7 Å². The third-order valence-electron chi connectivity index (χ3n) is 3.92. The molecule has 1 aliphatic carbocycles. The predicted molar refractivity (Wildman–Crippen MR) is 105 cm³/mol. The fraction of sp³-hybridized carbons (Fsp3) is 0.211. The van der Waals surface area contributed by atoms with E-state index in [-0.39, 0.29) is 27.8 Å². The number of carbonyl (C=O) groups excluding carboxylic acids is 4. The standard InChI is InChI=1S/C19H18N4O4S/c1-11(24)20-8-5-9-28-14-10-13(25)16-15(18(14)26)17(23-22-16)19(27)21-12-6-3-2-4-7-12/h2-4,6-7,10H,5,8-9H2,1H3,(H,20,24)(H,21,27)(H,22,23). The van der Waals surface area contributed by atoms with Gasteiger partial charge in [-0.05, 0) is 24.3 Å². The molecular weight excluding hydrogens is 380 g/mol. The molecule has 0 saturated heterocycles. The third-order valence-corrected chi connectivity index (χ3v) is 5.03. The van der Waals surface area contributed by atoms with Crippen molar-refractivity contribution in [3.05, 3.63) is 58.3 Å². The first-order valence-corrected chi connectivity index (χ1v) is 9.58. The second-order valence-corrected chi connectivity index (χ2v) is 7.17. The minimum Gasteiger partial charge on any atom is -0.356 e. The van der Waals surface area contributed by atoms with Gasteiger partial charge >= 0.3 is 0 Å².